The van der Waals surface area contributed by atoms with Crippen LogP contribution in [0.25, 0.3) is 5.69 Å². The molecule has 12 nitrogen and oxygen atoms in total. The molecule has 1 aromatic carbocycles. The number of halogens is 1. The molecule has 0 radical (unpaired) electrons. The van der Waals surface area contributed by atoms with Crippen molar-refractivity contribution in [1.82, 2.24) is 9.78 Å². The van der Waals surface area contributed by atoms with Gasteiger partial charge >= 0.3 is 11.9 Å². The zero-order valence-corrected chi connectivity index (χ0v) is 27.5. The van der Waals surface area contributed by atoms with Gasteiger partial charge < -0.3 is 24.4 Å². The third-order valence-corrected chi connectivity index (χ3v) is 8.67. The largest absolute Gasteiger partial charge is 0.456 e. The van der Waals surface area contributed by atoms with E-state index < -0.39 is 41.6 Å². The standard InChI is InChI=1S/C33H44FN5O7/c1-18(40)45-21(16-39(4,5)6)10-29(42)46-33(36)13-20(17-44-33)22-12-26(24(34)11-23(22)31(35)43)38-27-14-32(2,3)15-28(41)30(27)25(37-38)9-19-7-8-19/h11-12,19-21H,7-10,13-17,36H2,1-6H3,(H-,35,43)/p+1. The molecule has 1 aliphatic heterocycles. The number of carbonyl (C=O) groups excluding carboxylic acids is 4. The molecule has 2 aromatic rings. The summed E-state index contributed by atoms with van der Waals surface area (Å²) in [4.78, 5) is 50.4. The molecule has 2 aliphatic carbocycles. The Morgan fingerprint density at radius 1 is 1.20 bits per heavy atom. The molecule has 0 spiro atoms. The topological polar surface area (TPSA) is 166 Å². The molecule has 3 unspecified atom stereocenters. The van der Waals surface area contributed by atoms with Crippen molar-refractivity contribution in [2.24, 2.45) is 22.8 Å². The van der Waals surface area contributed by atoms with Gasteiger partial charge in [0.1, 0.15) is 18.0 Å². The lowest BCUT2D eigenvalue weighted by Gasteiger charge is -2.29. The van der Waals surface area contributed by atoms with E-state index in [4.69, 9.17) is 30.8 Å². The third kappa shape index (κ3) is 7.64. The molecule has 1 saturated carbocycles. The van der Waals surface area contributed by atoms with Crippen LogP contribution in [0.3, 0.4) is 0 Å². The Balaban J connectivity index is 1.44. The summed E-state index contributed by atoms with van der Waals surface area (Å²) in [5.74, 6) is -4.79. The van der Waals surface area contributed by atoms with Gasteiger partial charge in [-0.15, -0.1) is 0 Å². The second kappa shape index (κ2) is 12.2. The van der Waals surface area contributed by atoms with Gasteiger partial charge in [-0.3, -0.25) is 24.9 Å². The Labute approximate surface area is 268 Å². The Kier molecular flexibility index (Phi) is 8.90. The molecule has 2 fully saturated rings. The van der Waals surface area contributed by atoms with Crippen molar-refractivity contribution in [2.75, 3.05) is 34.3 Å². The highest BCUT2D eigenvalue weighted by Gasteiger charge is 2.44. The number of esters is 2. The molecule has 13 heteroatoms. The number of nitrogens with zero attached hydrogens (tertiary/aromatic N) is 3. The molecule has 0 bridgehead atoms. The Hall–Kier alpha value is -3.68. The molecule has 3 atom stereocenters. The molecule has 46 heavy (non-hydrogen) atoms. The number of benzene rings is 1. The van der Waals surface area contributed by atoms with Gasteiger partial charge in [-0.25, -0.2) is 9.07 Å². The number of Topliss-reactive ketones (excluding diaryl/α,β-unsaturated/α-hetero) is 1. The number of ketones is 1. The van der Waals surface area contributed by atoms with Crippen LogP contribution in [0.1, 0.15) is 96.5 Å². The van der Waals surface area contributed by atoms with Gasteiger partial charge in [0.2, 0.25) is 5.91 Å². The summed E-state index contributed by atoms with van der Waals surface area (Å²) in [6, 6.07) is 2.59. The van der Waals surface area contributed by atoms with E-state index in [0.717, 1.165) is 18.9 Å². The average Bonchev–Trinajstić information content (AvgIpc) is 3.52. The smallest absolute Gasteiger partial charge is 0.313 e. The van der Waals surface area contributed by atoms with Crippen LogP contribution in [0.2, 0.25) is 0 Å². The second-order valence-electron chi connectivity index (χ2n) is 14.9. The number of hydrogen-bond acceptors (Lipinski definition) is 9. The van der Waals surface area contributed by atoms with Gasteiger partial charge in [0, 0.05) is 31.2 Å². The average molecular weight is 643 g/mol. The highest BCUT2D eigenvalue weighted by Crippen LogP contribution is 2.42. The molecular weight excluding hydrogens is 597 g/mol. The maximum atomic E-state index is 15.8. The van der Waals surface area contributed by atoms with Crippen molar-refractivity contribution in [3.63, 3.8) is 0 Å². The van der Waals surface area contributed by atoms with E-state index in [9.17, 15) is 19.2 Å². The third-order valence-electron chi connectivity index (χ3n) is 8.67. The fourth-order valence-electron chi connectivity index (χ4n) is 6.64. The van der Waals surface area contributed by atoms with Crippen molar-refractivity contribution < 1.29 is 42.3 Å². The first-order valence-corrected chi connectivity index (χ1v) is 15.7. The fourth-order valence-corrected chi connectivity index (χ4v) is 6.64. The first kappa shape index (κ1) is 33.7. The monoisotopic (exact) mass is 642 g/mol. The van der Waals surface area contributed by atoms with Crippen LogP contribution in [0.15, 0.2) is 12.1 Å². The Bertz CT molecular complexity index is 1570. The Morgan fingerprint density at radius 2 is 1.89 bits per heavy atom. The van der Waals surface area contributed by atoms with Crippen molar-refractivity contribution in [3.8, 4) is 5.69 Å². The summed E-state index contributed by atoms with van der Waals surface area (Å²) in [5.41, 5.74) is 14.0. The van der Waals surface area contributed by atoms with Crippen LogP contribution >= 0.6 is 0 Å². The number of nitrogens with two attached hydrogens (primary N) is 2. The van der Waals surface area contributed by atoms with Crippen molar-refractivity contribution in [2.45, 2.75) is 83.6 Å². The minimum absolute atomic E-state index is 0.00107. The number of hydrogen-bond donors (Lipinski definition) is 2. The first-order valence-electron chi connectivity index (χ1n) is 15.7. The minimum Gasteiger partial charge on any atom is -0.456 e. The number of rotatable bonds is 11. The normalized spacial score (nSPS) is 23.1. The van der Waals surface area contributed by atoms with Gasteiger partial charge in [0.25, 0.3) is 5.91 Å². The summed E-state index contributed by atoms with van der Waals surface area (Å²) in [6.07, 6.45) is 2.67. The molecule has 250 valence electrons. The number of amides is 1. The van der Waals surface area contributed by atoms with Gasteiger partial charge in [0.05, 0.1) is 51.1 Å². The van der Waals surface area contributed by atoms with Gasteiger partial charge in [-0.05, 0) is 54.7 Å². The maximum Gasteiger partial charge on any atom is 0.313 e. The van der Waals surface area contributed by atoms with Gasteiger partial charge in [-0.1, -0.05) is 13.8 Å². The van der Waals surface area contributed by atoms with E-state index in [1.807, 2.05) is 35.0 Å². The summed E-state index contributed by atoms with van der Waals surface area (Å²) < 4.78 is 34.4. The van der Waals surface area contributed by atoms with E-state index in [1.54, 1.807) is 0 Å². The zero-order valence-electron chi connectivity index (χ0n) is 27.5. The van der Waals surface area contributed by atoms with Crippen LogP contribution in [0.4, 0.5) is 4.39 Å². The molecule has 3 aliphatic rings. The number of carbonyl (C=O) groups is 4. The zero-order chi connectivity index (χ0) is 33.8. The number of quaternary nitrogens is 1. The molecule has 4 N–H and O–H groups in total. The predicted octanol–water partition coefficient (Wildman–Crippen LogP) is 2.91. The van der Waals surface area contributed by atoms with Crippen molar-refractivity contribution >= 4 is 23.6 Å². The second-order valence-corrected chi connectivity index (χ2v) is 14.9. The van der Waals surface area contributed by atoms with Gasteiger partial charge in [0.15, 0.2) is 11.9 Å². The number of ether oxygens (including phenoxy) is 3. The summed E-state index contributed by atoms with van der Waals surface area (Å²) in [7, 11) is 5.70. The highest BCUT2D eigenvalue weighted by atomic mass is 19.1. The van der Waals surface area contributed by atoms with E-state index in [-0.39, 0.29) is 41.9 Å². The van der Waals surface area contributed by atoms with Crippen LogP contribution in [-0.2, 0) is 36.6 Å². The Morgan fingerprint density at radius 3 is 2.50 bits per heavy atom. The minimum atomic E-state index is -1.85. The van der Waals surface area contributed by atoms with Crippen LogP contribution in [0, 0.1) is 17.2 Å². The molecule has 1 amide bonds. The van der Waals surface area contributed by atoms with Crippen LogP contribution in [0.5, 0.6) is 0 Å². The number of primary amides is 1. The van der Waals surface area contributed by atoms with Crippen molar-refractivity contribution in [3.05, 3.63) is 46.0 Å². The number of likely N-dealkylation sites (N-methyl/N-ethyl adjacent to an activating group) is 1. The van der Waals surface area contributed by atoms with E-state index in [2.05, 4.69) is 0 Å². The summed E-state index contributed by atoms with van der Waals surface area (Å²) >= 11 is 0. The lowest BCUT2D eigenvalue weighted by Crippen LogP contribution is -2.47. The molecule has 1 saturated heterocycles. The van der Waals surface area contributed by atoms with E-state index in [0.29, 0.717) is 58.7 Å². The SMILES string of the molecule is CC(=O)OC(CC(=O)OC1(N)CC(c2cc(-n3nc(CC4CC4)c4c3CC(C)(C)CC4=O)c(F)cc2C(N)=O)CO1)C[N+](C)(C)C. The molecule has 2 heterocycles. The van der Waals surface area contributed by atoms with E-state index >= 15 is 4.39 Å². The number of aromatic nitrogens is 2. The quantitative estimate of drug-likeness (QED) is 0.213. The number of fused-ring (bicyclic) bond motifs is 1. The first-order chi connectivity index (χ1) is 21.3. The summed E-state index contributed by atoms with van der Waals surface area (Å²) in [5, 5.41) is 4.78. The molecule has 1 aromatic heterocycles. The van der Waals surface area contributed by atoms with E-state index in [1.165, 1.54) is 17.7 Å². The molecular formula is C33H45FN5O7+. The molecule has 5 rings (SSSR count). The highest BCUT2D eigenvalue weighted by molar-refractivity contribution is 6.00. The van der Waals surface area contributed by atoms with Crippen LogP contribution < -0.4 is 11.5 Å². The van der Waals surface area contributed by atoms with Crippen molar-refractivity contribution in [1.29, 1.82) is 0 Å². The van der Waals surface area contributed by atoms with Crippen LogP contribution in [-0.4, -0.2) is 84.2 Å². The van der Waals surface area contributed by atoms with Gasteiger partial charge in [-0.2, -0.15) is 5.10 Å². The predicted molar refractivity (Wildman–Crippen MR) is 164 cm³/mol. The lowest BCUT2D eigenvalue weighted by atomic mass is 9.75. The lowest BCUT2D eigenvalue weighted by molar-refractivity contribution is -0.873. The summed E-state index contributed by atoms with van der Waals surface area (Å²) in [6.45, 7) is 5.58. The fraction of sp³-hybridized carbons (Fsp3) is 0.606. The maximum absolute atomic E-state index is 15.8.